The molecule has 1 aliphatic heterocycles. The molecule has 4 nitrogen and oxygen atoms in total. The molecule has 2 aromatic carbocycles. The van der Waals surface area contributed by atoms with Gasteiger partial charge in [0.1, 0.15) is 5.75 Å². The molecule has 1 aliphatic rings. The van der Waals surface area contributed by atoms with Crippen LogP contribution in [0.15, 0.2) is 50.8 Å². The number of carbonyl (C=O) groups is 1. The van der Waals surface area contributed by atoms with Crippen LogP contribution in [0.3, 0.4) is 0 Å². The number of amides is 1. The standard InChI is InChI=1S/C21H21BrN2O2S/c1-4-9-26-18-8-6-16(22)11-15(18)12-19-20(25)24-21(27-19)23-17-7-5-13(2)10-14(17)3/h5-8,10-12H,4,9H2,1-3H3,(H,23,24,25)/b19-12+. The van der Waals surface area contributed by atoms with E-state index in [2.05, 4.69) is 39.2 Å². The number of nitrogens with zero attached hydrogens (tertiary/aromatic N) is 1. The molecule has 1 fully saturated rings. The van der Waals surface area contributed by atoms with E-state index in [9.17, 15) is 4.79 Å². The van der Waals surface area contributed by atoms with E-state index in [-0.39, 0.29) is 5.91 Å². The molecule has 1 N–H and O–H groups in total. The maximum Gasteiger partial charge on any atom is 0.264 e. The zero-order valence-corrected chi connectivity index (χ0v) is 17.9. The lowest BCUT2D eigenvalue weighted by molar-refractivity contribution is -0.115. The second kappa shape index (κ2) is 8.76. The Labute approximate surface area is 172 Å². The van der Waals surface area contributed by atoms with Crippen LogP contribution in [-0.4, -0.2) is 17.7 Å². The summed E-state index contributed by atoms with van der Waals surface area (Å²) < 4.78 is 6.74. The Bertz CT molecular complexity index is 938. The van der Waals surface area contributed by atoms with E-state index in [1.807, 2.05) is 50.3 Å². The molecule has 1 heterocycles. The van der Waals surface area contributed by atoms with Gasteiger partial charge in [0.05, 0.1) is 17.2 Å². The largest absolute Gasteiger partial charge is 0.493 e. The highest BCUT2D eigenvalue weighted by Gasteiger charge is 2.24. The Morgan fingerprint density at radius 2 is 2.04 bits per heavy atom. The molecule has 1 saturated heterocycles. The number of hydrogen-bond acceptors (Lipinski definition) is 4. The number of carbonyl (C=O) groups excluding carboxylic acids is 1. The van der Waals surface area contributed by atoms with Gasteiger partial charge in [-0.05, 0) is 67.9 Å². The van der Waals surface area contributed by atoms with Crippen LogP contribution in [0.1, 0.15) is 30.0 Å². The van der Waals surface area contributed by atoms with Crippen molar-refractivity contribution in [3.8, 4) is 5.75 Å². The molecule has 140 valence electrons. The molecule has 3 rings (SSSR count). The molecule has 0 bridgehead atoms. The molecular formula is C21H21BrN2O2S. The van der Waals surface area contributed by atoms with Crippen LogP contribution in [0.2, 0.25) is 0 Å². The van der Waals surface area contributed by atoms with Gasteiger partial charge in [-0.3, -0.25) is 4.79 Å². The van der Waals surface area contributed by atoms with E-state index in [0.29, 0.717) is 16.7 Å². The van der Waals surface area contributed by atoms with Gasteiger partial charge >= 0.3 is 0 Å². The smallest absolute Gasteiger partial charge is 0.264 e. The van der Waals surface area contributed by atoms with Gasteiger partial charge in [0.25, 0.3) is 5.91 Å². The van der Waals surface area contributed by atoms with Crippen molar-refractivity contribution in [3.63, 3.8) is 0 Å². The summed E-state index contributed by atoms with van der Waals surface area (Å²) in [5.74, 6) is 0.616. The van der Waals surface area contributed by atoms with Crippen LogP contribution < -0.4 is 10.1 Å². The van der Waals surface area contributed by atoms with Gasteiger partial charge in [0.2, 0.25) is 0 Å². The van der Waals surface area contributed by atoms with Crippen LogP contribution in [-0.2, 0) is 4.79 Å². The Hall–Kier alpha value is -2.05. The van der Waals surface area contributed by atoms with Gasteiger partial charge in [-0.2, -0.15) is 0 Å². The van der Waals surface area contributed by atoms with Gasteiger partial charge in [-0.25, -0.2) is 4.99 Å². The molecule has 0 spiro atoms. The maximum absolute atomic E-state index is 12.4. The highest BCUT2D eigenvalue weighted by Crippen LogP contribution is 2.32. The Kier molecular flexibility index (Phi) is 6.39. The van der Waals surface area contributed by atoms with Crippen LogP contribution in [0, 0.1) is 13.8 Å². The lowest BCUT2D eigenvalue weighted by Gasteiger charge is -2.09. The van der Waals surface area contributed by atoms with Gasteiger partial charge in [-0.15, -0.1) is 0 Å². The molecule has 6 heteroatoms. The van der Waals surface area contributed by atoms with Crippen LogP contribution in [0.5, 0.6) is 5.75 Å². The van der Waals surface area contributed by atoms with Crippen molar-refractivity contribution in [2.24, 2.45) is 4.99 Å². The fraction of sp³-hybridized carbons (Fsp3) is 0.238. The summed E-state index contributed by atoms with van der Waals surface area (Å²) in [7, 11) is 0. The number of thioether (sulfide) groups is 1. The lowest BCUT2D eigenvalue weighted by atomic mass is 10.1. The Balaban J connectivity index is 1.87. The predicted octanol–water partition coefficient (Wildman–Crippen LogP) is 5.75. The monoisotopic (exact) mass is 444 g/mol. The first-order valence-electron chi connectivity index (χ1n) is 8.75. The summed E-state index contributed by atoms with van der Waals surface area (Å²) in [6.45, 7) is 6.76. The summed E-state index contributed by atoms with van der Waals surface area (Å²) in [6.07, 6.45) is 2.77. The van der Waals surface area contributed by atoms with Gasteiger partial charge in [0.15, 0.2) is 5.17 Å². The van der Waals surface area contributed by atoms with Crippen molar-refractivity contribution >= 4 is 50.5 Å². The molecular weight excluding hydrogens is 424 g/mol. The van der Waals surface area contributed by atoms with Crippen molar-refractivity contribution in [1.29, 1.82) is 0 Å². The molecule has 0 unspecified atom stereocenters. The van der Waals surface area contributed by atoms with E-state index >= 15 is 0 Å². The molecule has 0 atom stereocenters. The van der Waals surface area contributed by atoms with Crippen molar-refractivity contribution in [3.05, 3.63) is 62.5 Å². The van der Waals surface area contributed by atoms with Gasteiger partial charge in [-0.1, -0.05) is 40.5 Å². The number of nitrogens with one attached hydrogen (secondary N) is 1. The third kappa shape index (κ3) is 5.02. The fourth-order valence-electron chi connectivity index (χ4n) is 2.64. The number of benzene rings is 2. The highest BCUT2D eigenvalue weighted by molar-refractivity contribution is 9.10. The topological polar surface area (TPSA) is 50.7 Å². The molecule has 0 radical (unpaired) electrons. The average Bonchev–Trinajstić information content (AvgIpc) is 2.96. The van der Waals surface area contributed by atoms with Crippen LogP contribution in [0.25, 0.3) is 6.08 Å². The first kappa shape index (κ1) is 19.7. The third-order valence-electron chi connectivity index (χ3n) is 3.95. The third-order valence-corrected chi connectivity index (χ3v) is 5.35. The number of hydrogen-bond donors (Lipinski definition) is 1. The number of halogens is 1. The SMILES string of the molecule is CCCOc1ccc(Br)cc1/C=C1/SC(=Nc2ccc(C)cc2C)NC1=O. The second-order valence-corrected chi connectivity index (χ2v) is 8.25. The van der Waals surface area contributed by atoms with Gasteiger partial charge in [0, 0.05) is 10.0 Å². The lowest BCUT2D eigenvalue weighted by Crippen LogP contribution is -2.19. The van der Waals surface area contributed by atoms with Gasteiger partial charge < -0.3 is 10.1 Å². The number of aliphatic imine (C=N–C) groups is 1. The Morgan fingerprint density at radius 1 is 1.22 bits per heavy atom. The van der Waals surface area contributed by atoms with E-state index < -0.39 is 0 Å². The molecule has 1 amide bonds. The predicted molar refractivity (Wildman–Crippen MR) is 117 cm³/mol. The van der Waals surface area contributed by atoms with Crippen molar-refractivity contribution < 1.29 is 9.53 Å². The normalized spacial score (nSPS) is 16.8. The zero-order valence-electron chi connectivity index (χ0n) is 15.5. The maximum atomic E-state index is 12.4. The minimum Gasteiger partial charge on any atom is -0.493 e. The first-order valence-corrected chi connectivity index (χ1v) is 10.4. The summed E-state index contributed by atoms with van der Waals surface area (Å²) in [5.41, 5.74) is 3.99. The average molecular weight is 445 g/mol. The highest BCUT2D eigenvalue weighted by atomic mass is 79.9. The van der Waals surface area contributed by atoms with E-state index in [4.69, 9.17) is 4.74 Å². The first-order chi connectivity index (χ1) is 13.0. The Morgan fingerprint density at radius 3 is 2.78 bits per heavy atom. The minimum atomic E-state index is -0.148. The summed E-state index contributed by atoms with van der Waals surface area (Å²) in [6, 6.07) is 11.9. The molecule has 0 aromatic heterocycles. The van der Waals surface area contributed by atoms with Crippen molar-refractivity contribution in [2.75, 3.05) is 6.61 Å². The number of amidine groups is 1. The number of rotatable bonds is 5. The van der Waals surface area contributed by atoms with E-state index in [0.717, 1.165) is 33.5 Å². The molecule has 0 aliphatic carbocycles. The second-order valence-electron chi connectivity index (χ2n) is 6.30. The quantitative estimate of drug-likeness (QED) is 0.597. The van der Waals surface area contributed by atoms with Crippen LogP contribution in [0.4, 0.5) is 5.69 Å². The molecule has 2 aromatic rings. The summed E-state index contributed by atoms with van der Waals surface area (Å²) in [5, 5.41) is 3.43. The molecule has 27 heavy (non-hydrogen) atoms. The zero-order chi connectivity index (χ0) is 19.4. The van der Waals surface area contributed by atoms with E-state index in [1.54, 1.807) is 0 Å². The van der Waals surface area contributed by atoms with E-state index in [1.165, 1.54) is 17.3 Å². The fourth-order valence-corrected chi connectivity index (χ4v) is 3.84. The van der Waals surface area contributed by atoms with Crippen molar-refractivity contribution in [1.82, 2.24) is 5.32 Å². The van der Waals surface area contributed by atoms with Crippen LogP contribution >= 0.6 is 27.7 Å². The van der Waals surface area contributed by atoms with Crippen molar-refractivity contribution in [2.45, 2.75) is 27.2 Å². The molecule has 0 saturated carbocycles. The summed E-state index contributed by atoms with van der Waals surface area (Å²) in [4.78, 5) is 17.6. The minimum absolute atomic E-state index is 0.148. The number of aryl methyl sites for hydroxylation is 2. The summed E-state index contributed by atoms with van der Waals surface area (Å²) >= 11 is 4.82. The number of ether oxygens (including phenoxy) is 1.